The summed E-state index contributed by atoms with van der Waals surface area (Å²) in [4.78, 5) is 51.8. The van der Waals surface area contributed by atoms with Crippen LogP contribution in [0.1, 0.15) is 26.2 Å². The molecule has 5 atom stereocenters. The normalized spacial score (nSPS) is 35.8. The number of likely N-dealkylation sites (tertiary alicyclic amines) is 1. The summed E-state index contributed by atoms with van der Waals surface area (Å²) in [5.41, 5.74) is 4.89. The maximum Gasteiger partial charge on any atom is 0.208 e. The summed E-state index contributed by atoms with van der Waals surface area (Å²) in [6, 6.07) is -0.770. The van der Waals surface area contributed by atoms with E-state index >= 15 is 0 Å². The Morgan fingerprint density at radius 3 is 2.64 bits per heavy atom. The maximum atomic E-state index is 13.4. The molecule has 0 amide bonds. The van der Waals surface area contributed by atoms with Crippen molar-refractivity contribution < 1.29 is 29.2 Å². The van der Waals surface area contributed by atoms with E-state index in [2.05, 4.69) is 22.0 Å². The van der Waals surface area contributed by atoms with Crippen LogP contribution >= 0.6 is 0 Å². The van der Waals surface area contributed by atoms with Crippen LogP contribution in [-0.4, -0.2) is 90.5 Å². The number of nitrogens with two attached hydrogens (primary N) is 1. The second-order valence-electron chi connectivity index (χ2n) is 10.1. The van der Waals surface area contributed by atoms with Crippen LogP contribution in [0.4, 0.5) is 0 Å². The van der Waals surface area contributed by atoms with Crippen LogP contribution in [0, 0.1) is 16.7 Å². The van der Waals surface area contributed by atoms with E-state index in [1.54, 1.807) is 6.92 Å². The van der Waals surface area contributed by atoms with Crippen molar-refractivity contribution in [1.82, 2.24) is 15.1 Å². The third-order valence-corrected chi connectivity index (χ3v) is 8.62. The van der Waals surface area contributed by atoms with Crippen molar-refractivity contribution >= 4 is 11.6 Å². The van der Waals surface area contributed by atoms with Gasteiger partial charge in [0.1, 0.15) is 18.2 Å². The van der Waals surface area contributed by atoms with Gasteiger partial charge in [-0.25, -0.2) is 9.78 Å². The van der Waals surface area contributed by atoms with Gasteiger partial charge in [-0.05, 0) is 24.9 Å². The summed E-state index contributed by atoms with van der Waals surface area (Å²) < 4.78 is 6.45. The molecule has 0 aromatic carbocycles. The quantitative estimate of drug-likeness (QED) is 0.0914. The highest BCUT2D eigenvalue weighted by molar-refractivity contribution is 6.25. The number of aliphatic hydroxyl groups excluding tert-OH is 1. The van der Waals surface area contributed by atoms with Gasteiger partial charge in [0.25, 0.3) is 0 Å². The third kappa shape index (κ3) is 3.22. The minimum atomic E-state index is -1.07. The summed E-state index contributed by atoms with van der Waals surface area (Å²) in [6.07, 6.45) is 3.12. The topological polar surface area (TPSA) is 156 Å². The first kappa shape index (κ1) is 25.2. The molecule has 2 aliphatic carbocycles. The highest BCUT2D eigenvalue weighted by atomic mass is 17.2. The number of nitrogens with one attached hydrogen (secondary N) is 1. The van der Waals surface area contributed by atoms with Gasteiger partial charge in [0.05, 0.1) is 43.3 Å². The van der Waals surface area contributed by atoms with Gasteiger partial charge in [0.2, 0.25) is 11.6 Å². The van der Waals surface area contributed by atoms with Crippen molar-refractivity contribution in [3.05, 3.63) is 39.7 Å². The van der Waals surface area contributed by atoms with Gasteiger partial charge in [0, 0.05) is 42.6 Å². The van der Waals surface area contributed by atoms with Gasteiger partial charge in [-0.15, -0.1) is 4.91 Å². The Labute approximate surface area is 209 Å². The van der Waals surface area contributed by atoms with E-state index < -0.39 is 23.1 Å². The van der Waals surface area contributed by atoms with Crippen LogP contribution < -0.4 is 11.1 Å². The molecule has 0 spiro atoms. The number of carbonyl (C=O) groups is 2. The predicted molar refractivity (Wildman–Crippen MR) is 126 cm³/mol. The molecule has 3 fully saturated rings. The minimum absolute atomic E-state index is 0.0436. The highest BCUT2D eigenvalue weighted by Crippen LogP contribution is 2.70. The van der Waals surface area contributed by atoms with Gasteiger partial charge in [-0.1, -0.05) is 13.0 Å². The molecule has 1 unspecified atom stereocenters. The maximum absolute atomic E-state index is 13.4. The summed E-state index contributed by atoms with van der Waals surface area (Å²) in [6.45, 7) is 6.74. The molecule has 12 nitrogen and oxygen atoms in total. The fourth-order valence-corrected chi connectivity index (χ4v) is 7.08. The van der Waals surface area contributed by atoms with Crippen LogP contribution in [0.15, 0.2) is 40.0 Å². The first-order valence-corrected chi connectivity index (χ1v) is 12.3. The largest absolute Gasteiger partial charge is 0.395 e. The lowest BCUT2D eigenvalue weighted by molar-refractivity contribution is -0.278. The van der Waals surface area contributed by atoms with Crippen molar-refractivity contribution in [1.29, 1.82) is 0 Å². The van der Waals surface area contributed by atoms with E-state index in [9.17, 15) is 19.6 Å². The van der Waals surface area contributed by atoms with Crippen molar-refractivity contribution in [2.45, 2.75) is 43.5 Å². The molecule has 4 N–H and O–H groups in total. The SMILES string of the molecule is C=C(CO[C@@]1(N2CCCCC2)C2[C@@H]1CN1C3=C(C(=O)C(N)=C(C)C3=O)[C@@H](NCOOC)[C@@]21CO)N=O. The molecule has 1 saturated carbocycles. The van der Waals surface area contributed by atoms with Gasteiger partial charge < -0.3 is 20.5 Å². The fraction of sp³-hybridized carbons (Fsp3) is 0.667. The molecular weight excluding hydrogens is 470 g/mol. The number of fused-ring (bicyclic) bond motifs is 4. The molecule has 2 saturated heterocycles. The lowest BCUT2D eigenvalue weighted by atomic mass is 9.80. The zero-order valence-corrected chi connectivity index (χ0v) is 20.6. The van der Waals surface area contributed by atoms with Crippen molar-refractivity contribution in [2.75, 3.05) is 46.7 Å². The first-order valence-electron chi connectivity index (χ1n) is 12.3. The number of nitroso groups, excluding NO2 is 1. The molecular formula is C24H33N5O7. The Kier molecular flexibility index (Phi) is 6.38. The van der Waals surface area contributed by atoms with Crippen molar-refractivity contribution in [2.24, 2.45) is 22.7 Å². The number of hydrogen-bond acceptors (Lipinski definition) is 12. The third-order valence-electron chi connectivity index (χ3n) is 8.62. The van der Waals surface area contributed by atoms with Gasteiger partial charge in [-0.2, -0.15) is 0 Å². The van der Waals surface area contributed by atoms with Crippen LogP contribution in [-0.2, 0) is 24.1 Å². The number of hydrogen-bond donors (Lipinski definition) is 3. The summed E-state index contributed by atoms with van der Waals surface area (Å²) in [5.74, 6) is -1.10. The molecule has 12 heteroatoms. The molecule has 3 heterocycles. The molecule has 36 heavy (non-hydrogen) atoms. The second-order valence-corrected chi connectivity index (χ2v) is 10.1. The van der Waals surface area contributed by atoms with Gasteiger partial charge >= 0.3 is 0 Å². The standard InChI is InChI=1S/C24H33N5O7/c1-13(27-33)10-35-24(28-7-5-4-6-8-28)15-9-29-18-16(20(32)17(25)14(2)19(18)31)22(26-12-36-34-3)23(29,11-30)21(15)24/h15,21-22,26,30H,1,4-12,25H2,2-3H3/t15-,21?,22+,23+,24+/m0/s1. The number of carbonyl (C=O) groups excluding carboxylic acids is 2. The molecule has 5 aliphatic rings. The van der Waals surface area contributed by atoms with Crippen LogP contribution in [0.25, 0.3) is 0 Å². The molecule has 0 aromatic rings. The van der Waals surface area contributed by atoms with Crippen LogP contribution in [0.2, 0.25) is 0 Å². The molecule has 0 radical (unpaired) electrons. The van der Waals surface area contributed by atoms with E-state index in [1.807, 2.05) is 4.90 Å². The smallest absolute Gasteiger partial charge is 0.208 e. The zero-order chi connectivity index (χ0) is 25.8. The number of ether oxygens (including phenoxy) is 1. The Bertz CT molecular complexity index is 1070. The van der Waals surface area contributed by atoms with Gasteiger partial charge in [0.15, 0.2) is 0 Å². The average Bonchev–Trinajstić information content (AvgIpc) is 3.26. The first-order chi connectivity index (χ1) is 17.3. The lowest BCUT2D eigenvalue weighted by Gasteiger charge is -2.47. The molecule has 3 aliphatic heterocycles. The highest BCUT2D eigenvalue weighted by Gasteiger charge is 2.84. The van der Waals surface area contributed by atoms with E-state index in [4.69, 9.17) is 20.2 Å². The number of allylic oxidation sites excluding steroid dienone is 2. The summed E-state index contributed by atoms with van der Waals surface area (Å²) in [7, 11) is 1.37. The van der Waals surface area contributed by atoms with E-state index in [0.29, 0.717) is 6.54 Å². The summed E-state index contributed by atoms with van der Waals surface area (Å²) in [5, 5.41) is 17.2. The summed E-state index contributed by atoms with van der Waals surface area (Å²) >= 11 is 0. The Balaban J connectivity index is 1.58. The van der Waals surface area contributed by atoms with E-state index in [1.165, 1.54) is 7.11 Å². The molecule has 0 aromatic heterocycles. The van der Waals surface area contributed by atoms with Crippen molar-refractivity contribution in [3.8, 4) is 0 Å². The number of piperidine rings is 2. The number of aliphatic hydroxyl groups is 1. The zero-order valence-electron chi connectivity index (χ0n) is 20.6. The van der Waals surface area contributed by atoms with Crippen molar-refractivity contribution in [3.63, 3.8) is 0 Å². The van der Waals surface area contributed by atoms with E-state index in [-0.39, 0.29) is 65.8 Å². The van der Waals surface area contributed by atoms with Crippen LogP contribution in [0.5, 0.6) is 0 Å². The number of Topliss-reactive ketones (excluding diaryl/α,β-unsaturated/α-hetero) is 2. The number of rotatable bonds is 10. The van der Waals surface area contributed by atoms with Crippen LogP contribution in [0.3, 0.4) is 0 Å². The lowest BCUT2D eigenvalue weighted by Crippen LogP contribution is -2.64. The monoisotopic (exact) mass is 503 g/mol. The number of ketones is 2. The van der Waals surface area contributed by atoms with Gasteiger partial charge in [-0.3, -0.25) is 19.8 Å². The van der Waals surface area contributed by atoms with E-state index in [0.717, 1.165) is 32.4 Å². The second kappa shape index (κ2) is 9.12. The Morgan fingerprint density at radius 2 is 2.00 bits per heavy atom. The molecule has 196 valence electrons. The minimum Gasteiger partial charge on any atom is -0.395 e. The number of nitrogens with zero attached hydrogens (tertiary/aromatic N) is 3. The fourth-order valence-electron chi connectivity index (χ4n) is 7.08. The molecule has 0 bridgehead atoms. The molecule has 5 rings (SSSR count). The Morgan fingerprint density at radius 1 is 1.28 bits per heavy atom. The predicted octanol–water partition coefficient (Wildman–Crippen LogP) is -0.0961. The Hall–Kier alpha value is -2.48. The average molecular weight is 504 g/mol.